The van der Waals surface area contributed by atoms with Crippen LogP contribution in [-0.2, 0) is 20.1 Å². The van der Waals surface area contributed by atoms with Crippen molar-refractivity contribution in [1.82, 2.24) is 18.7 Å². The molecule has 1 aliphatic rings. The molecule has 5 rings (SSSR count). The Kier molecular flexibility index (Phi) is 4.43. The summed E-state index contributed by atoms with van der Waals surface area (Å²) in [6, 6.07) is 15.5. The molecule has 4 aromatic rings. The molecule has 0 radical (unpaired) electrons. The van der Waals surface area contributed by atoms with Gasteiger partial charge in [0, 0.05) is 25.8 Å². The highest BCUT2D eigenvalue weighted by molar-refractivity contribution is 5.77. The number of nitrogens with zero attached hydrogens (tertiary/aromatic N) is 5. The minimum atomic E-state index is -0.369. The predicted octanol–water partition coefficient (Wildman–Crippen LogP) is 2.41. The molecule has 0 aliphatic carbocycles. The van der Waals surface area contributed by atoms with Crippen LogP contribution in [0.25, 0.3) is 11.2 Å². The van der Waals surface area contributed by atoms with Gasteiger partial charge in [0.15, 0.2) is 11.2 Å². The molecular weight excluding hydrogens is 394 g/mol. The van der Waals surface area contributed by atoms with Crippen molar-refractivity contribution >= 4 is 22.8 Å². The maximum atomic E-state index is 13.4. The Bertz CT molecular complexity index is 1410. The van der Waals surface area contributed by atoms with Crippen molar-refractivity contribution in [2.24, 2.45) is 7.05 Å². The number of ether oxygens (including phenoxy) is 1. The van der Waals surface area contributed by atoms with Crippen LogP contribution in [0.15, 0.2) is 58.1 Å². The van der Waals surface area contributed by atoms with Crippen LogP contribution in [0.2, 0.25) is 0 Å². The van der Waals surface area contributed by atoms with Crippen molar-refractivity contribution in [3.8, 4) is 5.75 Å². The highest BCUT2D eigenvalue weighted by atomic mass is 16.5. The number of methoxy groups -OCH3 is 1. The molecule has 0 spiro atoms. The fraction of sp³-hybridized carbons (Fsp3) is 0.261. The zero-order chi connectivity index (χ0) is 21.7. The first kappa shape index (κ1) is 19.2. The van der Waals surface area contributed by atoms with Gasteiger partial charge in [0.25, 0.3) is 5.56 Å². The van der Waals surface area contributed by atoms with E-state index in [1.807, 2.05) is 64.9 Å². The summed E-state index contributed by atoms with van der Waals surface area (Å²) >= 11 is 0. The van der Waals surface area contributed by atoms with Crippen LogP contribution in [0.5, 0.6) is 5.75 Å². The first-order valence-electron chi connectivity index (χ1n) is 10.1. The molecule has 0 fully saturated rings. The van der Waals surface area contributed by atoms with Gasteiger partial charge in [-0.15, -0.1) is 0 Å². The molecule has 0 saturated carbocycles. The second-order valence-corrected chi connectivity index (χ2v) is 7.81. The Balaban J connectivity index is 1.64. The SMILES string of the molecule is COc1ccc(N2CCn3c2nc2c3c(=O)n(Cc3cccc(C)c3)c(=O)n2C)cc1. The van der Waals surface area contributed by atoms with E-state index in [0.717, 1.165) is 22.6 Å². The van der Waals surface area contributed by atoms with E-state index < -0.39 is 0 Å². The summed E-state index contributed by atoms with van der Waals surface area (Å²) in [6.45, 7) is 3.54. The molecule has 1 aliphatic heterocycles. The van der Waals surface area contributed by atoms with Gasteiger partial charge >= 0.3 is 5.69 Å². The molecule has 2 aromatic heterocycles. The molecule has 2 aromatic carbocycles. The summed E-state index contributed by atoms with van der Waals surface area (Å²) in [7, 11) is 3.30. The summed E-state index contributed by atoms with van der Waals surface area (Å²) in [5, 5.41) is 0. The lowest BCUT2D eigenvalue weighted by Gasteiger charge is -2.16. The number of aryl methyl sites for hydroxylation is 2. The molecule has 8 heteroatoms. The predicted molar refractivity (Wildman–Crippen MR) is 120 cm³/mol. The van der Waals surface area contributed by atoms with Crippen molar-refractivity contribution in [3.63, 3.8) is 0 Å². The number of benzene rings is 2. The largest absolute Gasteiger partial charge is 0.497 e. The van der Waals surface area contributed by atoms with Gasteiger partial charge < -0.3 is 14.2 Å². The minimum Gasteiger partial charge on any atom is -0.497 e. The minimum absolute atomic E-state index is 0.228. The van der Waals surface area contributed by atoms with Gasteiger partial charge in [-0.25, -0.2) is 4.79 Å². The normalized spacial score (nSPS) is 13.1. The van der Waals surface area contributed by atoms with Crippen LogP contribution in [0.4, 0.5) is 11.6 Å². The number of rotatable bonds is 4. The van der Waals surface area contributed by atoms with E-state index in [0.29, 0.717) is 30.2 Å². The Morgan fingerprint density at radius 1 is 1.06 bits per heavy atom. The van der Waals surface area contributed by atoms with E-state index in [9.17, 15) is 9.59 Å². The van der Waals surface area contributed by atoms with Crippen molar-refractivity contribution < 1.29 is 4.74 Å². The van der Waals surface area contributed by atoms with Crippen molar-refractivity contribution in [1.29, 1.82) is 0 Å². The third-order valence-electron chi connectivity index (χ3n) is 5.81. The van der Waals surface area contributed by atoms with Crippen LogP contribution in [0, 0.1) is 6.92 Å². The number of imidazole rings is 1. The van der Waals surface area contributed by atoms with Crippen LogP contribution in [0.3, 0.4) is 0 Å². The second kappa shape index (κ2) is 7.16. The highest BCUT2D eigenvalue weighted by Gasteiger charge is 2.28. The van der Waals surface area contributed by atoms with E-state index >= 15 is 0 Å². The Morgan fingerprint density at radius 3 is 2.55 bits per heavy atom. The van der Waals surface area contributed by atoms with Crippen LogP contribution in [0.1, 0.15) is 11.1 Å². The quantitative estimate of drug-likeness (QED) is 0.510. The topological polar surface area (TPSA) is 74.3 Å². The lowest BCUT2D eigenvalue weighted by atomic mass is 10.1. The van der Waals surface area contributed by atoms with Gasteiger partial charge in [0.2, 0.25) is 5.95 Å². The zero-order valence-electron chi connectivity index (χ0n) is 17.7. The van der Waals surface area contributed by atoms with Gasteiger partial charge in [-0.2, -0.15) is 4.98 Å². The summed E-state index contributed by atoms with van der Waals surface area (Å²) in [5.41, 5.74) is 3.15. The molecule has 0 bridgehead atoms. The molecule has 3 heterocycles. The van der Waals surface area contributed by atoms with Gasteiger partial charge in [0.1, 0.15) is 5.75 Å². The monoisotopic (exact) mass is 417 g/mol. The maximum absolute atomic E-state index is 13.4. The summed E-state index contributed by atoms with van der Waals surface area (Å²) in [5.74, 6) is 1.44. The standard InChI is InChI=1S/C23H23N5O3/c1-15-5-4-6-16(13-15)14-28-21(29)19-20(25(2)23(28)30)24-22-26(11-12-27(19)22)17-7-9-18(31-3)10-8-17/h4-10,13H,11-12,14H2,1-3H3. The van der Waals surface area contributed by atoms with E-state index in [2.05, 4.69) is 4.98 Å². The molecule has 158 valence electrons. The number of hydrogen-bond donors (Lipinski definition) is 0. The fourth-order valence-corrected chi connectivity index (χ4v) is 4.22. The average molecular weight is 417 g/mol. The molecule has 0 amide bonds. The van der Waals surface area contributed by atoms with Gasteiger partial charge in [0.05, 0.1) is 13.7 Å². The van der Waals surface area contributed by atoms with E-state index in [-0.39, 0.29) is 17.8 Å². The van der Waals surface area contributed by atoms with E-state index in [1.54, 1.807) is 14.2 Å². The van der Waals surface area contributed by atoms with Crippen molar-refractivity contribution in [2.75, 3.05) is 18.6 Å². The summed E-state index contributed by atoms with van der Waals surface area (Å²) < 4.78 is 9.91. The van der Waals surface area contributed by atoms with Gasteiger partial charge in [-0.05, 0) is 36.8 Å². The van der Waals surface area contributed by atoms with Crippen molar-refractivity contribution in [3.05, 3.63) is 80.5 Å². The molecular formula is C23H23N5O3. The first-order chi connectivity index (χ1) is 15.0. The van der Waals surface area contributed by atoms with E-state index in [4.69, 9.17) is 4.74 Å². The first-order valence-corrected chi connectivity index (χ1v) is 10.1. The van der Waals surface area contributed by atoms with Crippen LogP contribution in [-0.4, -0.2) is 32.3 Å². The molecule has 8 nitrogen and oxygen atoms in total. The lowest BCUT2D eigenvalue weighted by molar-refractivity contribution is 0.415. The molecule has 0 atom stereocenters. The van der Waals surface area contributed by atoms with Gasteiger partial charge in [-0.3, -0.25) is 13.9 Å². The van der Waals surface area contributed by atoms with Crippen LogP contribution >= 0.6 is 0 Å². The van der Waals surface area contributed by atoms with E-state index in [1.165, 1.54) is 9.13 Å². The van der Waals surface area contributed by atoms with Crippen molar-refractivity contribution in [2.45, 2.75) is 20.0 Å². The average Bonchev–Trinajstić information content (AvgIpc) is 3.35. The smallest absolute Gasteiger partial charge is 0.332 e. The second-order valence-electron chi connectivity index (χ2n) is 7.81. The third kappa shape index (κ3) is 3.02. The number of anilines is 2. The summed E-state index contributed by atoms with van der Waals surface area (Å²) in [4.78, 5) is 33.1. The Labute approximate surface area is 178 Å². The maximum Gasteiger partial charge on any atom is 0.332 e. The Hall–Kier alpha value is -3.81. The summed E-state index contributed by atoms with van der Waals surface area (Å²) in [6.07, 6.45) is 0. The Morgan fingerprint density at radius 2 is 1.84 bits per heavy atom. The fourth-order valence-electron chi connectivity index (χ4n) is 4.22. The third-order valence-corrected chi connectivity index (χ3v) is 5.81. The lowest BCUT2D eigenvalue weighted by Crippen LogP contribution is -2.40. The zero-order valence-corrected chi connectivity index (χ0v) is 17.7. The molecule has 31 heavy (non-hydrogen) atoms. The highest BCUT2D eigenvalue weighted by Crippen LogP contribution is 2.32. The molecule has 0 saturated heterocycles. The van der Waals surface area contributed by atoms with Gasteiger partial charge in [-0.1, -0.05) is 29.8 Å². The van der Waals surface area contributed by atoms with Crippen LogP contribution < -0.4 is 20.9 Å². The number of fused-ring (bicyclic) bond motifs is 3. The molecule has 0 N–H and O–H groups in total. The molecule has 0 unspecified atom stereocenters. The number of aromatic nitrogens is 4. The number of hydrogen-bond acceptors (Lipinski definition) is 5.